The Morgan fingerprint density at radius 2 is 1.81 bits per heavy atom. The molecule has 1 aromatic heterocycles. The Morgan fingerprint density at radius 1 is 1.12 bits per heavy atom. The first-order valence-electron chi connectivity index (χ1n) is 8.63. The van der Waals surface area contributed by atoms with Crippen molar-refractivity contribution in [1.82, 2.24) is 4.57 Å². The van der Waals surface area contributed by atoms with Crippen LogP contribution in [0.25, 0.3) is 21.8 Å². The molecule has 0 atom stereocenters. The molecule has 0 saturated carbocycles. The summed E-state index contributed by atoms with van der Waals surface area (Å²) in [4.78, 5) is 15.7. The molecule has 0 spiro atoms. The average Bonchev–Trinajstić information content (AvgIpc) is 2.92. The minimum atomic E-state index is -0.439. The molecular formula is C20H23N3O3. The summed E-state index contributed by atoms with van der Waals surface area (Å²) in [6, 6.07) is 12.0. The summed E-state index contributed by atoms with van der Waals surface area (Å²) < 4.78 is 7.77. The molecule has 26 heavy (non-hydrogen) atoms. The van der Waals surface area contributed by atoms with E-state index < -0.39 is 5.97 Å². The van der Waals surface area contributed by atoms with Crippen molar-refractivity contribution in [3.63, 3.8) is 0 Å². The standard InChI is InChI=1S/C20H23N3O3/c1-4-25-10-9-23-19-7-5-15(13(2)22-26-14(3)24)11-17(19)18-12-16(21)6-8-20(18)23/h5-8,11-12H,4,9-10,21H2,1-3H3/b22-13+. The molecule has 6 nitrogen and oxygen atoms in total. The number of nitrogens with two attached hydrogens (primary N) is 1. The van der Waals surface area contributed by atoms with Crippen molar-refractivity contribution in [3.05, 3.63) is 42.0 Å². The fraction of sp³-hybridized carbons (Fsp3) is 0.300. The summed E-state index contributed by atoms with van der Waals surface area (Å²) in [6.07, 6.45) is 0. The Hall–Kier alpha value is -2.86. The van der Waals surface area contributed by atoms with E-state index in [2.05, 4.69) is 21.9 Å². The van der Waals surface area contributed by atoms with Crippen LogP contribution in [0.3, 0.4) is 0 Å². The first-order valence-corrected chi connectivity index (χ1v) is 8.63. The quantitative estimate of drug-likeness (QED) is 0.241. The van der Waals surface area contributed by atoms with E-state index in [0.717, 1.165) is 39.6 Å². The van der Waals surface area contributed by atoms with Crippen LogP contribution in [-0.4, -0.2) is 29.5 Å². The lowest BCUT2D eigenvalue weighted by molar-refractivity contribution is -0.140. The Morgan fingerprint density at radius 3 is 2.50 bits per heavy atom. The first-order chi connectivity index (χ1) is 12.5. The van der Waals surface area contributed by atoms with Gasteiger partial charge < -0.3 is 19.9 Å². The summed E-state index contributed by atoms with van der Waals surface area (Å²) in [7, 11) is 0. The number of rotatable bonds is 6. The van der Waals surface area contributed by atoms with Gasteiger partial charge >= 0.3 is 5.97 Å². The van der Waals surface area contributed by atoms with Crippen molar-refractivity contribution in [2.45, 2.75) is 27.3 Å². The number of oxime groups is 1. The molecule has 0 aliphatic carbocycles. The van der Waals surface area contributed by atoms with Crippen LogP contribution in [0, 0.1) is 0 Å². The molecule has 3 rings (SSSR count). The van der Waals surface area contributed by atoms with Crippen LogP contribution in [0.5, 0.6) is 0 Å². The maximum atomic E-state index is 11.0. The summed E-state index contributed by atoms with van der Waals surface area (Å²) in [5, 5.41) is 6.05. The Bertz CT molecular complexity index is 989. The number of nitrogen functional groups attached to an aromatic ring is 1. The zero-order valence-corrected chi connectivity index (χ0v) is 15.3. The van der Waals surface area contributed by atoms with Gasteiger partial charge in [0.2, 0.25) is 0 Å². The molecule has 1 heterocycles. The molecule has 0 amide bonds. The summed E-state index contributed by atoms with van der Waals surface area (Å²) >= 11 is 0. The highest BCUT2D eigenvalue weighted by Gasteiger charge is 2.12. The van der Waals surface area contributed by atoms with Gasteiger partial charge in [-0.05, 0) is 49.7 Å². The van der Waals surface area contributed by atoms with Crippen molar-refractivity contribution >= 4 is 39.2 Å². The second kappa shape index (κ2) is 7.58. The fourth-order valence-corrected chi connectivity index (χ4v) is 3.07. The van der Waals surface area contributed by atoms with E-state index in [1.54, 1.807) is 0 Å². The molecule has 0 aliphatic heterocycles. The lowest BCUT2D eigenvalue weighted by atomic mass is 10.1. The van der Waals surface area contributed by atoms with E-state index in [4.69, 9.17) is 15.3 Å². The molecular weight excluding hydrogens is 330 g/mol. The molecule has 0 fully saturated rings. The molecule has 3 aromatic rings. The van der Waals surface area contributed by atoms with Crippen molar-refractivity contribution in [1.29, 1.82) is 0 Å². The number of benzene rings is 2. The van der Waals surface area contributed by atoms with Crippen LogP contribution in [0.2, 0.25) is 0 Å². The van der Waals surface area contributed by atoms with Crippen LogP contribution >= 0.6 is 0 Å². The highest BCUT2D eigenvalue weighted by atomic mass is 16.7. The van der Waals surface area contributed by atoms with E-state index in [1.807, 2.05) is 38.1 Å². The molecule has 0 saturated heterocycles. The normalized spacial score (nSPS) is 12.0. The van der Waals surface area contributed by atoms with Gasteiger partial charge in [-0.15, -0.1) is 0 Å². The van der Waals surface area contributed by atoms with Gasteiger partial charge in [-0.3, -0.25) is 0 Å². The van der Waals surface area contributed by atoms with Gasteiger partial charge in [0.15, 0.2) is 0 Å². The lowest BCUT2D eigenvalue weighted by Gasteiger charge is -2.08. The summed E-state index contributed by atoms with van der Waals surface area (Å²) in [5.41, 5.74) is 10.5. The van der Waals surface area contributed by atoms with Gasteiger partial charge in [0.1, 0.15) is 0 Å². The number of aromatic nitrogens is 1. The van der Waals surface area contributed by atoms with Gasteiger partial charge in [-0.25, -0.2) is 4.79 Å². The predicted molar refractivity (Wildman–Crippen MR) is 104 cm³/mol. The van der Waals surface area contributed by atoms with Gasteiger partial charge in [-0.2, -0.15) is 0 Å². The maximum absolute atomic E-state index is 11.0. The number of nitrogens with zero attached hydrogens (tertiary/aromatic N) is 2. The van der Waals surface area contributed by atoms with Crippen LogP contribution in [0.15, 0.2) is 41.6 Å². The van der Waals surface area contributed by atoms with Gasteiger partial charge in [0.25, 0.3) is 0 Å². The third-order valence-corrected chi connectivity index (χ3v) is 4.28. The van der Waals surface area contributed by atoms with Crippen LogP contribution in [-0.2, 0) is 20.9 Å². The van der Waals surface area contributed by atoms with Crippen LogP contribution < -0.4 is 5.73 Å². The van der Waals surface area contributed by atoms with Gasteiger partial charge in [0, 0.05) is 47.6 Å². The van der Waals surface area contributed by atoms with Gasteiger partial charge in [-0.1, -0.05) is 11.2 Å². The third kappa shape index (κ3) is 3.55. The molecule has 2 N–H and O–H groups in total. The molecule has 0 unspecified atom stereocenters. The number of hydrogen-bond donors (Lipinski definition) is 1. The number of carbonyl (C=O) groups excluding carboxylic acids is 1. The molecule has 0 radical (unpaired) electrons. The highest BCUT2D eigenvalue weighted by molar-refractivity contribution is 6.12. The predicted octanol–water partition coefficient (Wildman–Crippen LogP) is 3.70. The van der Waals surface area contributed by atoms with E-state index in [1.165, 1.54) is 6.92 Å². The Kier molecular flexibility index (Phi) is 5.23. The average molecular weight is 353 g/mol. The smallest absolute Gasteiger partial charge is 0.331 e. The third-order valence-electron chi connectivity index (χ3n) is 4.28. The summed E-state index contributed by atoms with van der Waals surface area (Å²) in [5.74, 6) is -0.439. The van der Waals surface area contributed by atoms with Crippen molar-refractivity contribution < 1.29 is 14.4 Å². The van der Waals surface area contributed by atoms with E-state index in [-0.39, 0.29) is 0 Å². The molecule has 0 bridgehead atoms. The maximum Gasteiger partial charge on any atom is 0.331 e. The fourth-order valence-electron chi connectivity index (χ4n) is 3.07. The number of ether oxygens (including phenoxy) is 1. The second-order valence-electron chi connectivity index (χ2n) is 6.12. The molecule has 0 aliphatic rings. The first kappa shape index (κ1) is 17.9. The van der Waals surface area contributed by atoms with Crippen molar-refractivity contribution in [2.24, 2.45) is 5.16 Å². The Balaban J connectivity index is 2.13. The minimum absolute atomic E-state index is 0.439. The topological polar surface area (TPSA) is 78.8 Å². The molecule has 6 heteroatoms. The number of anilines is 1. The molecule has 2 aromatic carbocycles. The van der Waals surface area contributed by atoms with Crippen molar-refractivity contribution in [3.8, 4) is 0 Å². The minimum Gasteiger partial charge on any atom is -0.399 e. The van der Waals surface area contributed by atoms with Crippen LogP contribution in [0.1, 0.15) is 26.3 Å². The Labute approximate surface area is 152 Å². The SMILES string of the molecule is CCOCCn1c2ccc(N)cc2c2cc(/C(C)=N/OC(C)=O)ccc21. The van der Waals surface area contributed by atoms with E-state index >= 15 is 0 Å². The zero-order chi connectivity index (χ0) is 18.7. The van der Waals surface area contributed by atoms with Crippen molar-refractivity contribution in [2.75, 3.05) is 18.9 Å². The van der Waals surface area contributed by atoms with Crippen LogP contribution in [0.4, 0.5) is 5.69 Å². The summed E-state index contributed by atoms with van der Waals surface area (Å²) in [6.45, 7) is 7.23. The lowest BCUT2D eigenvalue weighted by Crippen LogP contribution is -2.05. The number of hydrogen-bond acceptors (Lipinski definition) is 5. The van der Waals surface area contributed by atoms with Gasteiger partial charge in [0.05, 0.1) is 12.3 Å². The second-order valence-corrected chi connectivity index (χ2v) is 6.12. The van der Waals surface area contributed by atoms with E-state index in [9.17, 15) is 4.79 Å². The zero-order valence-electron chi connectivity index (χ0n) is 15.3. The highest BCUT2D eigenvalue weighted by Crippen LogP contribution is 2.31. The molecule has 136 valence electrons. The largest absolute Gasteiger partial charge is 0.399 e. The monoisotopic (exact) mass is 353 g/mol. The number of carbonyl (C=O) groups is 1. The van der Waals surface area contributed by atoms with E-state index in [0.29, 0.717) is 18.9 Å². The number of fused-ring (bicyclic) bond motifs is 3.